The van der Waals surface area contributed by atoms with Crippen LogP contribution in [0.3, 0.4) is 0 Å². The Morgan fingerprint density at radius 3 is 2.10 bits per heavy atom. The molecule has 0 aliphatic heterocycles. The van der Waals surface area contributed by atoms with Crippen molar-refractivity contribution in [1.82, 2.24) is 10.2 Å². The fourth-order valence-electron chi connectivity index (χ4n) is 2.99. The van der Waals surface area contributed by atoms with E-state index in [1.54, 1.807) is 0 Å². The van der Waals surface area contributed by atoms with Crippen LogP contribution in [0.4, 0.5) is 0 Å². The molecule has 1 aliphatic carbocycles. The van der Waals surface area contributed by atoms with Crippen LogP contribution >= 0.6 is 0 Å². The van der Waals surface area contributed by atoms with Crippen LogP contribution in [0.15, 0.2) is 0 Å². The number of nitrogens with one attached hydrogen (secondary N) is 1. The Morgan fingerprint density at radius 2 is 1.70 bits per heavy atom. The van der Waals surface area contributed by atoms with Crippen molar-refractivity contribution in [2.24, 2.45) is 11.8 Å². The zero-order valence-corrected chi connectivity index (χ0v) is 13.4. The van der Waals surface area contributed by atoms with E-state index in [0.717, 1.165) is 38.8 Å². The highest BCUT2D eigenvalue weighted by molar-refractivity contribution is 5.79. The minimum Gasteiger partial charge on any atom is -0.337 e. The maximum atomic E-state index is 12.2. The molecule has 0 heterocycles. The molecule has 0 bridgehead atoms. The average molecular weight is 279 g/mol. The number of nitriles is 1. The van der Waals surface area contributed by atoms with E-state index in [2.05, 4.69) is 44.0 Å². The molecule has 0 radical (unpaired) electrons. The molecule has 1 amide bonds. The summed E-state index contributed by atoms with van der Waals surface area (Å²) in [5.74, 6) is 1.07. The van der Waals surface area contributed by atoms with Gasteiger partial charge in [0.05, 0.1) is 12.6 Å². The van der Waals surface area contributed by atoms with Gasteiger partial charge in [0.25, 0.3) is 0 Å². The molecule has 0 spiro atoms. The number of carbonyl (C=O) groups is 1. The maximum absolute atomic E-state index is 12.2. The van der Waals surface area contributed by atoms with Gasteiger partial charge in [0.2, 0.25) is 5.91 Å². The number of nitrogens with zero attached hydrogens (tertiary/aromatic N) is 2. The molecule has 0 aromatic heterocycles. The van der Waals surface area contributed by atoms with Gasteiger partial charge in [-0.3, -0.25) is 9.69 Å². The standard InChI is InChI=1S/C16H29N3O/c1-13(2)9-19(10-14(3)4)11-15(20)18-16(12-17)7-5-6-8-16/h13-14H,5-11H2,1-4H3,(H,18,20). The Hall–Kier alpha value is -1.08. The monoisotopic (exact) mass is 279 g/mol. The molecule has 4 heteroatoms. The average Bonchev–Trinajstić information content (AvgIpc) is 2.76. The zero-order valence-electron chi connectivity index (χ0n) is 13.4. The minimum absolute atomic E-state index is 0.00486. The molecule has 1 rings (SSSR count). The van der Waals surface area contributed by atoms with Crippen molar-refractivity contribution in [3.63, 3.8) is 0 Å². The van der Waals surface area contributed by atoms with Crippen LogP contribution < -0.4 is 5.32 Å². The van der Waals surface area contributed by atoms with Crippen LogP contribution in [0.2, 0.25) is 0 Å². The van der Waals surface area contributed by atoms with E-state index in [-0.39, 0.29) is 5.91 Å². The highest BCUT2D eigenvalue weighted by atomic mass is 16.2. The fourth-order valence-corrected chi connectivity index (χ4v) is 2.99. The van der Waals surface area contributed by atoms with E-state index >= 15 is 0 Å². The quantitative estimate of drug-likeness (QED) is 0.779. The van der Waals surface area contributed by atoms with E-state index in [1.807, 2.05) is 0 Å². The Labute approximate surface area is 123 Å². The summed E-state index contributed by atoms with van der Waals surface area (Å²) in [6.07, 6.45) is 3.66. The molecule has 1 fully saturated rings. The summed E-state index contributed by atoms with van der Waals surface area (Å²) >= 11 is 0. The third-order valence-electron chi connectivity index (χ3n) is 3.66. The molecule has 1 N–H and O–H groups in total. The predicted molar refractivity (Wildman–Crippen MR) is 81.1 cm³/mol. The summed E-state index contributed by atoms with van der Waals surface area (Å²) in [7, 11) is 0. The number of hydrogen-bond donors (Lipinski definition) is 1. The van der Waals surface area contributed by atoms with Gasteiger partial charge < -0.3 is 5.32 Å². The van der Waals surface area contributed by atoms with E-state index in [1.165, 1.54) is 0 Å². The summed E-state index contributed by atoms with van der Waals surface area (Å²) in [6, 6.07) is 2.31. The summed E-state index contributed by atoms with van der Waals surface area (Å²) in [5, 5.41) is 12.3. The first-order valence-corrected chi connectivity index (χ1v) is 7.81. The second-order valence-corrected chi connectivity index (χ2v) is 6.93. The summed E-state index contributed by atoms with van der Waals surface area (Å²) < 4.78 is 0. The highest BCUT2D eigenvalue weighted by Gasteiger charge is 2.35. The van der Waals surface area contributed by atoms with Crippen molar-refractivity contribution < 1.29 is 4.79 Å². The van der Waals surface area contributed by atoms with Crippen molar-refractivity contribution in [3.8, 4) is 6.07 Å². The predicted octanol–water partition coefficient (Wildman–Crippen LogP) is 2.55. The van der Waals surface area contributed by atoms with Crippen molar-refractivity contribution >= 4 is 5.91 Å². The van der Waals surface area contributed by atoms with E-state index in [4.69, 9.17) is 0 Å². The van der Waals surface area contributed by atoms with Gasteiger partial charge in [-0.1, -0.05) is 27.7 Å². The van der Waals surface area contributed by atoms with Crippen molar-refractivity contribution in [1.29, 1.82) is 5.26 Å². The Morgan fingerprint density at radius 1 is 1.20 bits per heavy atom. The molecule has 1 saturated carbocycles. The van der Waals surface area contributed by atoms with E-state index in [0.29, 0.717) is 18.4 Å². The normalized spacial score (nSPS) is 17.7. The second kappa shape index (κ2) is 7.64. The van der Waals surface area contributed by atoms with Crippen molar-refractivity contribution in [2.75, 3.05) is 19.6 Å². The number of amides is 1. The lowest BCUT2D eigenvalue weighted by molar-refractivity contribution is -0.123. The first kappa shape index (κ1) is 17.0. The Kier molecular flexibility index (Phi) is 6.48. The molecule has 0 aromatic carbocycles. The van der Waals surface area contributed by atoms with Gasteiger partial charge in [-0.2, -0.15) is 5.26 Å². The van der Waals surface area contributed by atoms with Crippen LogP contribution in [-0.2, 0) is 4.79 Å². The number of carbonyl (C=O) groups excluding carboxylic acids is 1. The Bertz CT molecular complexity index is 341. The van der Waals surface area contributed by atoms with Crippen LogP contribution in [0.5, 0.6) is 0 Å². The lowest BCUT2D eigenvalue weighted by Crippen LogP contribution is -2.49. The van der Waals surface area contributed by atoms with Crippen LogP contribution in [0.25, 0.3) is 0 Å². The van der Waals surface area contributed by atoms with Crippen molar-refractivity contribution in [3.05, 3.63) is 0 Å². The van der Waals surface area contributed by atoms with Gasteiger partial charge in [-0.05, 0) is 37.5 Å². The van der Waals surface area contributed by atoms with Gasteiger partial charge >= 0.3 is 0 Å². The minimum atomic E-state index is -0.599. The van der Waals surface area contributed by atoms with E-state index < -0.39 is 5.54 Å². The van der Waals surface area contributed by atoms with Crippen LogP contribution in [0, 0.1) is 23.2 Å². The summed E-state index contributed by atoms with van der Waals surface area (Å²) in [6.45, 7) is 10.9. The number of hydrogen-bond acceptors (Lipinski definition) is 3. The molecule has 1 aliphatic rings. The van der Waals surface area contributed by atoms with Gasteiger partial charge in [0, 0.05) is 13.1 Å². The molecule has 0 saturated heterocycles. The molecule has 20 heavy (non-hydrogen) atoms. The van der Waals surface area contributed by atoms with Crippen LogP contribution in [0.1, 0.15) is 53.4 Å². The van der Waals surface area contributed by atoms with E-state index in [9.17, 15) is 10.1 Å². The van der Waals surface area contributed by atoms with Gasteiger partial charge in [-0.15, -0.1) is 0 Å². The highest BCUT2D eigenvalue weighted by Crippen LogP contribution is 2.28. The topological polar surface area (TPSA) is 56.1 Å². The Balaban J connectivity index is 2.54. The molecule has 0 unspecified atom stereocenters. The molecule has 0 atom stereocenters. The zero-order chi connectivity index (χ0) is 15.2. The second-order valence-electron chi connectivity index (χ2n) is 6.93. The third kappa shape index (κ3) is 5.50. The summed E-state index contributed by atoms with van der Waals surface area (Å²) in [5.41, 5.74) is -0.599. The van der Waals surface area contributed by atoms with Crippen LogP contribution in [-0.4, -0.2) is 36.0 Å². The summed E-state index contributed by atoms with van der Waals surface area (Å²) in [4.78, 5) is 14.4. The first-order valence-electron chi connectivity index (χ1n) is 7.81. The number of rotatable bonds is 7. The molecule has 4 nitrogen and oxygen atoms in total. The molecule has 114 valence electrons. The maximum Gasteiger partial charge on any atom is 0.235 e. The molecule has 0 aromatic rings. The van der Waals surface area contributed by atoms with Gasteiger partial charge in [0.1, 0.15) is 5.54 Å². The first-order chi connectivity index (χ1) is 9.37. The molecular formula is C16H29N3O. The SMILES string of the molecule is CC(C)CN(CC(=O)NC1(C#N)CCCC1)CC(C)C. The van der Waals surface area contributed by atoms with Gasteiger partial charge in [0.15, 0.2) is 0 Å². The van der Waals surface area contributed by atoms with Crippen molar-refractivity contribution in [2.45, 2.75) is 58.9 Å². The smallest absolute Gasteiger partial charge is 0.235 e. The van der Waals surface area contributed by atoms with Gasteiger partial charge in [-0.25, -0.2) is 0 Å². The molecular weight excluding hydrogens is 250 g/mol. The lowest BCUT2D eigenvalue weighted by atomic mass is 10.00. The largest absolute Gasteiger partial charge is 0.337 e. The lowest BCUT2D eigenvalue weighted by Gasteiger charge is -2.28. The fraction of sp³-hybridized carbons (Fsp3) is 0.875. The third-order valence-corrected chi connectivity index (χ3v) is 3.66.